The fraction of sp³-hybridized carbons (Fsp3) is 0.385. The number of nitrogens with one attached hydrogen (secondary N) is 2. The van der Waals surface area contributed by atoms with Gasteiger partial charge in [0.15, 0.2) is 0 Å². The van der Waals surface area contributed by atoms with Crippen molar-refractivity contribution in [3.63, 3.8) is 0 Å². The first-order chi connectivity index (χ1) is 15.7. The molecule has 0 radical (unpaired) electrons. The Bertz CT molecular complexity index is 969. The van der Waals surface area contributed by atoms with Crippen molar-refractivity contribution in [2.24, 2.45) is 0 Å². The molecular weight excluding hydrogens is 400 g/mol. The molecule has 2 aromatic carbocycles. The Kier molecular flexibility index (Phi) is 9.32. The van der Waals surface area contributed by atoms with Gasteiger partial charge in [0.05, 0.1) is 25.2 Å². The van der Waals surface area contributed by atoms with E-state index in [0.717, 1.165) is 60.4 Å². The van der Waals surface area contributed by atoms with Crippen molar-refractivity contribution in [1.82, 2.24) is 14.9 Å². The summed E-state index contributed by atoms with van der Waals surface area (Å²) in [5, 5.41) is 5.88. The first kappa shape index (κ1) is 23.5. The Balaban J connectivity index is 1.43. The molecule has 1 heterocycles. The van der Waals surface area contributed by atoms with Gasteiger partial charge in [-0.3, -0.25) is 0 Å². The molecule has 0 fully saturated rings. The molecule has 0 unspecified atom stereocenters. The molecule has 32 heavy (non-hydrogen) atoms. The van der Waals surface area contributed by atoms with Gasteiger partial charge in [-0.2, -0.15) is 0 Å². The predicted octanol–water partition coefficient (Wildman–Crippen LogP) is 5.43. The molecule has 0 aliphatic carbocycles. The van der Waals surface area contributed by atoms with E-state index in [1.54, 1.807) is 0 Å². The lowest BCUT2D eigenvalue weighted by Crippen LogP contribution is -2.30. The summed E-state index contributed by atoms with van der Waals surface area (Å²) in [6, 6.07) is 17.9. The second-order valence-corrected chi connectivity index (χ2v) is 7.85. The number of urea groups is 1. The van der Waals surface area contributed by atoms with Gasteiger partial charge < -0.3 is 19.9 Å². The average Bonchev–Trinajstić information content (AvgIpc) is 3.18. The van der Waals surface area contributed by atoms with Gasteiger partial charge in [0.1, 0.15) is 0 Å². The molecule has 3 rings (SSSR count). The van der Waals surface area contributed by atoms with Gasteiger partial charge >= 0.3 is 6.03 Å². The molecule has 0 spiro atoms. The van der Waals surface area contributed by atoms with E-state index in [-0.39, 0.29) is 6.03 Å². The zero-order chi connectivity index (χ0) is 22.6. The number of rotatable bonds is 12. The van der Waals surface area contributed by atoms with Crippen molar-refractivity contribution >= 4 is 11.7 Å². The number of para-hydroxylation sites is 1. The largest absolute Gasteiger partial charge is 0.379 e. The standard InChI is InChI=1S/C26H34N4O2/c1-3-4-10-16-27-26(31)29-24-14-9-8-11-22(24)15-18-32-19-17-30-20-28-25(21(30)2)23-12-6-5-7-13-23/h5-9,11-14,20H,3-4,10,15-19H2,1-2H3,(H2,27,29,31). The highest BCUT2D eigenvalue weighted by Crippen LogP contribution is 2.21. The maximum atomic E-state index is 12.1. The van der Waals surface area contributed by atoms with Gasteiger partial charge in [-0.15, -0.1) is 0 Å². The van der Waals surface area contributed by atoms with Gasteiger partial charge in [-0.25, -0.2) is 9.78 Å². The van der Waals surface area contributed by atoms with Gasteiger partial charge in [-0.1, -0.05) is 68.3 Å². The minimum absolute atomic E-state index is 0.153. The molecule has 3 aromatic rings. The number of anilines is 1. The number of hydrogen-bond acceptors (Lipinski definition) is 3. The third-order valence-electron chi connectivity index (χ3n) is 5.47. The van der Waals surface area contributed by atoms with Crippen molar-refractivity contribution < 1.29 is 9.53 Å². The predicted molar refractivity (Wildman–Crippen MR) is 130 cm³/mol. The third kappa shape index (κ3) is 6.95. The van der Waals surface area contributed by atoms with E-state index in [1.165, 1.54) is 0 Å². The number of aromatic nitrogens is 2. The highest BCUT2D eigenvalue weighted by molar-refractivity contribution is 5.90. The molecule has 6 nitrogen and oxygen atoms in total. The molecule has 6 heteroatoms. The molecule has 0 atom stereocenters. The SMILES string of the molecule is CCCCCNC(=O)Nc1ccccc1CCOCCn1cnc(-c2ccccc2)c1C. The van der Waals surface area contributed by atoms with Crippen LogP contribution < -0.4 is 10.6 Å². The van der Waals surface area contributed by atoms with Crippen LogP contribution in [0.25, 0.3) is 11.3 Å². The number of amides is 2. The number of unbranched alkanes of at least 4 members (excludes halogenated alkanes) is 2. The van der Waals surface area contributed by atoms with Gasteiger partial charge in [0.25, 0.3) is 0 Å². The smallest absolute Gasteiger partial charge is 0.319 e. The molecule has 170 valence electrons. The Hall–Kier alpha value is -3.12. The molecule has 0 bridgehead atoms. The Labute approximate surface area is 191 Å². The molecular formula is C26H34N4O2. The van der Waals surface area contributed by atoms with E-state index in [0.29, 0.717) is 19.8 Å². The van der Waals surface area contributed by atoms with Crippen LogP contribution >= 0.6 is 0 Å². The number of benzene rings is 2. The lowest BCUT2D eigenvalue weighted by atomic mass is 10.1. The van der Waals surface area contributed by atoms with E-state index in [1.807, 2.05) is 48.8 Å². The zero-order valence-electron chi connectivity index (χ0n) is 19.1. The number of carbonyl (C=O) groups is 1. The fourth-order valence-electron chi connectivity index (χ4n) is 3.60. The van der Waals surface area contributed by atoms with Crippen LogP contribution in [0.4, 0.5) is 10.5 Å². The molecule has 0 aliphatic rings. The van der Waals surface area contributed by atoms with Crippen molar-refractivity contribution in [3.8, 4) is 11.3 Å². The average molecular weight is 435 g/mol. The van der Waals surface area contributed by atoms with Crippen molar-refractivity contribution in [2.45, 2.75) is 46.1 Å². The third-order valence-corrected chi connectivity index (χ3v) is 5.47. The van der Waals surface area contributed by atoms with E-state index >= 15 is 0 Å². The Morgan fingerprint density at radius 3 is 2.62 bits per heavy atom. The molecule has 1 aromatic heterocycles. The second kappa shape index (κ2) is 12.7. The number of ether oxygens (including phenoxy) is 1. The zero-order valence-corrected chi connectivity index (χ0v) is 19.1. The van der Waals surface area contributed by atoms with Gasteiger partial charge in [0, 0.05) is 30.0 Å². The number of hydrogen-bond donors (Lipinski definition) is 2. The Morgan fingerprint density at radius 2 is 1.81 bits per heavy atom. The van der Waals surface area contributed by atoms with Crippen LogP contribution in [0.5, 0.6) is 0 Å². The summed E-state index contributed by atoms with van der Waals surface area (Å²) in [6.45, 7) is 6.90. The summed E-state index contributed by atoms with van der Waals surface area (Å²) in [5.74, 6) is 0. The summed E-state index contributed by atoms with van der Waals surface area (Å²) in [7, 11) is 0. The monoisotopic (exact) mass is 434 g/mol. The molecule has 2 N–H and O–H groups in total. The van der Waals surface area contributed by atoms with Crippen molar-refractivity contribution in [2.75, 3.05) is 25.1 Å². The van der Waals surface area contributed by atoms with Gasteiger partial charge in [0.2, 0.25) is 0 Å². The highest BCUT2D eigenvalue weighted by Gasteiger charge is 2.09. The molecule has 0 saturated heterocycles. The molecule has 2 amide bonds. The quantitative estimate of drug-likeness (QED) is 0.374. The van der Waals surface area contributed by atoms with Crippen LogP contribution in [0.1, 0.15) is 37.4 Å². The van der Waals surface area contributed by atoms with Crippen LogP contribution in [0.3, 0.4) is 0 Å². The van der Waals surface area contributed by atoms with E-state index in [9.17, 15) is 4.79 Å². The maximum Gasteiger partial charge on any atom is 0.319 e. The summed E-state index contributed by atoms with van der Waals surface area (Å²) in [5.41, 5.74) is 5.18. The van der Waals surface area contributed by atoms with E-state index in [4.69, 9.17) is 4.74 Å². The first-order valence-corrected chi connectivity index (χ1v) is 11.5. The van der Waals surface area contributed by atoms with Crippen molar-refractivity contribution in [1.29, 1.82) is 0 Å². The minimum Gasteiger partial charge on any atom is -0.379 e. The van der Waals surface area contributed by atoms with E-state index < -0.39 is 0 Å². The van der Waals surface area contributed by atoms with Gasteiger partial charge in [-0.05, 0) is 31.4 Å². The summed E-state index contributed by atoms with van der Waals surface area (Å²) in [6.07, 6.45) is 5.88. The normalized spacial score (nSPS) is 10.8. The topological polar surface area (TPSA) is 68.2 Å². The van der Waals surface area contributed by atoms with Crippen LogP contribution in [0.15, 0.2) is 60.9 Å². The first-order valence-electron chi connectivity index (χ1n) is 11.5. The fourth-order valence-corrected chi connectivity index (χ4v) is 3.60. The lowest BCUT2D eigenvalue weighted by Gasteiger charge is -2.12. The number of nitrogens with zero attached hydrogens (tertiary/aromatic N) is 2. The maximum absolute atomic E-state index is 12.1. The second-order valence-electron chi connectivity index (χ2n) is 7.85. The summed E-state index contributed by atoms with van der Waals surface area (Å²) < 4.78 is 8.01. The van der Waals surface area contributed by atoms with Crippen LogP contribution in [-0.4, -0.2) is 35.3 Å². The molecule has 0 saturated carbocycles. The Morgan fingerprint density at radius 1 is 1.03 bits per heavy atom. The lowest BCUT2D eigenvalue weighted by molar-refractivity contribution is 0.129. The number of carbonyl (C=O) groups excluding carboxylic acids is 1. The number of imidazole rings is 1. The van der Waals surface area contributed by atoms with Crippen LogP contribution in [0.2, 0.25) is 0 Å². The van der Waals surface area contributed by atoms with Crippen LogP contribution in [-0.2, 0) is 17.7 Å². The molecule has 0 aliphatic heterocycles. The van der Waals surface area contributed by atoms with Crippen LogP contribution in [0, 0.1) is 6.92 Å². The summed E-state index contributed by atoms with van der Waals surface area (Å²) >= 11 is 0. The van der Waals surface area contributed by atoms with Crippen molar-refractivity contribution in [3.05, 3.63) is 72.2 Å². The summed E-state index contributed by atoms with van der Waals surface area (Å²) in [4.78, 5) is 16.7. The highest BCUT2D eigenvalue weighted by atomic mass is 16.5. The minimum atomic E-state index is -0.153. The van der Waals surface area contributed by atoms with E-state index in [2.05, 4.69) is 46.2 Å².